The van der Waals surface area contributed by atoms with E-state index < -0.39 is 0 Å². The molecule has 12 heavy (non-hydrogen) atoms. The van der Waals surface area contributed by atoms with Crippen molar-refractivity contribution in [1.82, 2.24) is 0 Å². The predicted molar refractivity (Wildman–Crippen MR) is 51.6 cm³/mol. The van der Waals surface area contributed by atoms with Crippen LogP contribution < -0.4 is 5.73 Å². The molecule has 0 unspecified atom stereocenters. The van der Waals surface area contributed by atoms with Crippen LogP contribution in [-0.4, -0.2) is 5.91 Å². The second kappa shape index (κ2) is 3.72. The maximum absolute atomic E-state index is 10.9. The molecule has 0 aliphatic rings. The van der Waals surface area contributed by atoms with E-state index in [2.05, 4.69) is 6.92 Å². The molecule has 1 rings (SSSR count). The molecule has 3 heteroatoms. The Kier molecular flexibility index (Phi) is 2.87. The maximum Gasteiger partial charge on any atom is 0.259 e. The summed E-state index contributed by atoms with van der Waals surface area (Å²) in [4.78, 5) is 11.7. The topological polar surface area (TPSA) is 43.1 Å². The summed E-state index contributed by atoms with van der Waals surface area (Å²) < 4.78 is 0. The van der Waals surface area contributed by atoms with Crippen LogP contribution in [0.3, 0.4) is 0 Å². The monoisotopic (exact) mass is 183 g/mol. The largest absolute Gasteiger partial charge is 0.365 e. The van der Waals surface area contributed by atoms with Gasteiger partial charge in [-0.15, -0.1) is 11.3 Å². The minimum atomic E-state index is -0.295. The summed E-state index contributed by atoms with van der Waals surface area (Å²) in [7, 11) is 0. The van der Waals surface area contributed by atoms with Crippen molar-refractivity contribution in [3.05, 3.63) is 21.4 Å². The zero-order chi connectivity index (χ0) is 9.14. The van der Waals surface area contributed by atoms with Gasteiger partial charge in [0.05, 0.1) is 4.88 Å². The molecule has 0 atom stereocenters. The van der Waals surface area contributed by atoms with Gasteiger partial charge >= 0.3 is 0 Å². The summed E-state index contributed by atoms with van der Waals surface area (Å²) in [6.45, 7) is 4.14. The Hall–Kier alpha value is -0.830. The minimum Gasteiger partial charge on any atom is -0.365 e. The SMILES string of the molecule is CCc1csc(C(N)=O)c1CC. The van der Waals surface area contributed by atoms with Crippen molar-refractivity contribution in [1.29, 1.82) is 0 Å². The summed E-state index contributed by atoms with van der Waals surface area (Å²) in [5, 5.41) is 2.03. The Balaban J connectivity index is 3.13. The van der Waals surface area contributed by atoms with Crippen molar-refractivity contribution in [2.24, 2.45) is 5.73 Å². The van der Waals surface area contributed by atoms with Gasteiger partial charge in [-0.3, -0.25) is 4.79 Å². The van der Waals surface area contributed by atoms with Gasteiger partial charge in [-0.2, -0.15) is 0 Å². The van der Waals surface area contributed by atoms with E-state index in [-0.39, 0.29) is 5.91 Å². The van der Waals surface area contributed by atoms with Crippen LogP contribution in [-0.2, 0) is 12.8 Å². The van der Waals surface area contributed by atoms with Gasteiger partial charge in [0.15, 0.2) is 0 Å². The lowest BCUT2D eigenvalue weighted by molar-refractivity contribution is 0.100. The Morgan fingerprint density at radius 2 is 2.17 bits per heavy atom. The van der Waals surface area contributed by atoms with Crippen molar-refractivity contribution in [2.75, 3.05) is 0 Å². The van der Waals surface area contributed by atoms with Crippen LogP contribution in [0, 0.1) is 0 Å². The molecule has 0 saturated carbocycles. The molecule has 2 nitrogen and oxygen atoms in total. The van der Waals surface area contributed by atoms with Gasteiger partial charge in [0.25, 0.3) is 5.91 Å². The standard InChI is InChI=1S/C9H13NOS/c1-3-6-5-12-8(9(10)11)7(6)4-2/h5H,3-4H2,1-2H3,(H2,10,11). The second-order valence-corrected chi connectivity index (χ2v) is 3.52. The van der Waals surface area contributed by atoms with Gasteiger partial charge in [-0.1, -0.05) is 13.8 Å². The first-order valence-electron chi connectivity index (χ1n) is 4.09. The molecule has 1 heterocycles. The van der Waals surface area contributed by atoms with Crippen molar-refractivity contribution in [3.63, 3.8) is 0 Å². The number of aryl methyl sites for hydroxylation is 1. The quantitative estimate of drug-likeness (QED) is 0.765. The average molecular weight is 183 g/mol. The molecule has 0 fully saturated rings. The molecule has 1 aromatic heterocycles. The highest BCUT2D eigenvalue weighted by Gasteiger charge is 2.12. The van der Waals surface area contributed by atoms with Crippen LogP contribution in [0.15, 0.2) is 5.38 Å². The first-order chi connectivity index (χ1) is 5.70. The lowest BCUT2D eigenvalue weighted by atomic mass is 10.1. The van der Waals surface area contributed by atoms with Crippen molar-refractivity contribution in [3.8, 4) is 0 Å². The zero-order valence-corrected chi connectivity index (χ0v) is 8.20. The first-order valence-corrected chi connectivity index (χ1v) is 4.97. The number of carbonyl (C=O) groups excluding carboxylic acids is 1. The Labute approximate surface area is 76.4 Å². The number of carbonyl (C=O) groups is 1. The molecule has 1 aromatic rings. The average Bonchev–Trinajstić information content (AvgIpc) is 2.46. The van der Waals surface area contributed by atoms with E-state index in [1.165, 1.54) is 16.9 Å². The normalized spacial score (nSPS) is 10.2. The fraction of sp³-hybridized carbons (Fsp3) is 0.444. The summed E-state index contributed by atoms with van der Waals surface area (Å²) in [6, 6.07) is 0. The molecular formula is C9H13NOS. The highest BCUT2D eigenvalue weighted by Crippen LogP contribution is 2.23. The van der Waals surface area contributed by atoms with Crippen LogP contribution in [0.25, 0.3) is 0 Å². The molecule has 0 aliphatic carbocycles. The van der Waals surface area contributed by atoms with E-state index in [1.54, 1.807) is 0 Å². The fourth-order valence-electron chi connectivity index (χ4n) is 1.31. The number of primary amides is 1. The molecule has 2 N–H and O–H groups in total. The molecule has 1 amide bonds. The van der Waals surface area contributed by atoms with Crippen LogP contribution in [0.4, 0.5) is 0 Å². The van der Waals surface area contributed by atoms with E-state index in [4.69, 9.17) is 5.73 Å². The Morgan fingerprint density at radius 3 is 2.58 bits per heavy atom. The molecule has 0 aromatic carbocycles. The third-order valence-electron chi connectivity index (χ3n) is 1.94. The molecule has 0 spiro atoms. The molecular weight excluding hydrogens is 170 g/mol. The lowest BCUT2D eigenvalue weighted by Crippen LogP contribution is -2.11. The van der Waals surface area contributed by atoms with Crippen molar-refractivity contribution >= 4 is 17.2 Å². The second-order valence-electron chi connectivity index (χ2n) is 2.64. The van der Waals surface area contributed by atoms with Crippen LogP contribution in [0.1, 0.15) is 34.6 Å². The number of rotatable bonds is 3. The minimum absolute atomic E-state index is 0.295. The van der Waals surface area contributed by atoms with Crippen LogP contribution >= 0.6 is 11.3 Å². The van der Waals surface area contributed by atoms with Crippen molar-refractivity contribution < 1.29 is 4.79 Å². The summed E-state index contributed by atoms with van der Waals surface area (Å²) >= 11 is 1.46. The Bertz CT molecular complexity index is 291. The third-order valence-corrected chi connectivity index (χ3v) is 3.02. The molecule has 66 valence electrons. The van der Waals surface area contributed by atoms with Crippen LogP contribution in [0.5, 0.6) is 0 Å². The van der Waals surface area contributed by atoms with Gasteiger partial charge in [0.1, 0.15) is 0 Å². The number of amides is 1. The molecule has 0 radical (unpaired) electrons. The van der Waals surface area contributed by atoms with Gasteiger partial charge in [0.2, 0.25) is 0 Å². The third kappa shape index (κ3) is 1.50. The van der Waals surface area contributed by atoms with E-state index in [9.17, 15) is 4.79 Å². The van der Waals surface area contributed by atoms with Gasteiger partial charge in [-0.05, 0) is 29.3 Å². The van der Waals surface area contributed by atoms with E-state index in [1.807, 2.05) is 12.3 Å². The van der Waals surface area contributed by atoms with E-state index >= 15 is 0 Å². The fourth-order valence-corrected chi connectivity index (χ4v) is 2.41. The maximum atomic E-state index is 10.9. The number of thiophene rings is 1. The highest BCUT2D eigenvalue weighted by molar-refractivity contribution is 7.12. The Morgan fingerprint density at radius 1 is 1.50 bits per heavy atom. The number of nitrogens with two attached hydrogens (primary N) is 1. The summed E-state index contributed by atoms with van der Waals surface area (Å²) in [5.74, 6) is -0.295. The predicted octanol–water partition coefficient (Wildman–Crippen LogP) is 1.97. The lowest BCUT2D eigenvalue weighted by Gasteiger charge is -1.99. The van der Waals surface area contributed by atoms with Crippen LogP contribution in [0.2, 0.25) is 0 Å². The molecule has 0 bridgehead atoms. The first kappa shape index (κ1) is 9.26. The van der Waals surface area contributed by atoms with E-state index in [0.29, 0.717) is 0 Å². The number of hydrogen-bond donors (Lipinski definition) is 1. The number of hydrogen-bond acceptors (Lipinski definition) is 2. The summed E-state index contributed by atoms with van der Waals surface area (Å²) in [5.41, 5.74) is 7.62. The summed E-state index contributed by atoms with van der Waals surface area (Å²) in [6.07, 6.45) is 1.87. The molecule has 0 saturated heterocycles. The van der Waals surface area contributed by atoms with Crippen molar-refractivity contribution in [2.45, 2.75) is 26.7 Å². The van der Waals surface area contributed by atoms with Gasteiger partial charge in [-0.25, -0.2) is 0 Å². The highest BCUT2D eigenvalue weighted by atomic mass is 32.1. The van der Waals surface area contributed by atoms with Gasteiger partial charge in [0, 0.05) is 0 Å². The van der Waals surface area contributed by atoms with Gasteiger partial charge < -0.3 is 5.73 Å². The zero-order valence-electron chi connectivity index (χ0n) is 7.39. The molecule has 0 aliphatic heterocycles. The smallest absolute Gasteiger partial charge is 0.259 e. The van der Waals surface area contributed by atoms with E-state index in [0.717, 1.165) is 23.3 Å².